The number of aliphatic carboxylic acids is 1. The lowest BCUT2D eigenvalue weighted by molar-refractivity contribution is -0.137. The van der Waals surface area contributed by atoms with Gasteiger partial charge in [-0.2, -0.15) is 0 Å². The van der Waals surface area contributed by atoms with E-state index in [9.17, 15) is 18.0 Å². The molecule has 2 rings (SSSR count). The van der Waals surface area contributed by atoms with Crippen LogP contribution in [0.4, 0.5) is 13.2 Å². The molecule has 25 heavy (non-hydrogen) atoms. The van der Waals surface area contributed by atoms with E-state index in [4.69, 9.17) is 5.11 Å². The lowest BCUT2D eigenvalue weighted by atomic mass is 9.92. The van der Waals surface area contributed by atoms with Crippen molar-refractivity contribution in [3.8, 4) is 11.1 Å². The first-order valence-electron chi connectivity index (χ1n) is 7.95. The van der Waals surface area contributed by atoms with Crippen molar-refractivity contribution < 1.29 is 23.1 Å². The van der Waals surface area contributed by atoms with Gasteiger partial charge in [0.05, 0.1) is 6.42 Å². The highest BCUT2D eigenvalue weighted by Crippen LogP contribution is 2.33. The summed E-state index contributed by atoms with van der Waals surface area (Å²) in [5.41, 5.74) is 2.12. The Balaban J connectivity index is 2.63. The van der Waals surface area contributed by atoms with Gasteiger partial charge in [0.15, 0.2) is 11.6 Å². The summed E-state index contributed by atoms with van der Waals surface area (Å²) >= 11 is 0. The zero-order valence-electron chi connectivity index (χ0n) is 14.3. The van der Waals surface area contributed by atoms with Crippen molar-refractivity contribution in [3.63, 3.8) is 0 Å². The zero-order valence-corrected chi connectivity index (χ0v) is 14.3. The first kappa shape index (κ1) is 19.0. The number of carboxylic acid groups (broad SMARTS) is 1. The SMILES string of the molecule is CCNC(CC(=O)O)c1cc(-c2c(C)cc(F)cc2C)cc(F)c1F. The lowest BCUT2D eigenvalue weighted by Gasteiger charge is -2.19. The first-order valence-corrected chi connectivity index (χ1v) is 7.95. The summed E-state index contributed by atoms with van der Waals surface area (Å²) in [6, 6.07) is 4.26. The van der Waals surface area contributed by atoms with E-state index in [0.29, 0.717) is 28.8 Å². The third-order valence-corrected chi connectivity index (χ3v) is 4.05. The van der Waals surface area contributed by atoms with Gasteiger partial charge in [0.2, 0.25) is 0 Å². The molecule has 0 amide bonds. The Hall–Kier alpha value is -2.34. The van der Waals surface area contributed by atoms with E-state index < -0.39 is 29.5 Å². The summed E-state index contributed by atoms with van der Waals surface area (Å²) in [5.74, 6) is -3.67. The molecule has 6 heteroatoms. The molecule has 0 fully saturated rings. The van der Waals surface area contributed by atoms with Crippen molar-refractivity contribution in [2.24, 2.45) is 0 Å². The van der Waals surface area contributed by atoms with Crippen LogP contribution in [0.1, 0.15) is 36.1 Å². The summed E-state index contributed by atoms with van der Waals surface area (Å²) in [4.78, 5) is 11.1. The second-order valence-electron chi connectivity index (χ2n) is 5.98. The molecule has 2 aromatic rings. The van der Waals surface area contributed by atoms with Gasteiger partial charge in [0.1, 0.15) is 5.82 Å². The quantitative estimate of drug-likeness (QED) is 0.805. The van der Waals surface area contributed by atoms with Crippen molar-refractivity contribution in [1.29, 1.82) is 0 Å². The summed E-state index contributed by atoms with van der Waals surface area (Å²) < 4.78 is 42.0. The molecule has 134 valence electrons. The van der Waals surface area contributed by atoms with E-state index in [-0.39, 0.29) is 12.0 Å². The molecule has 2 N–H and O–H groups in total. The lowest BCUT2D eigenvalue weighted by Crippen LogP contribution is -2.25. The predicted octanol–water partition coefficient (Wildman–Crippen LogP) is 4.51. The predicted molar refractivity (Wildman–Crippen MR) is 89.9 cm³/mol. The average molecular weight is 351 g/mol. The van der Waals surface area contributed by atoms with E-state index >= 15 is 0 Å². The second-order valence-corrected chi connectivity index (χ2v) is 5.98. The van der Waals surface area contributed by atoms with E-state index in [0.717, 1.165) is 6.07 Å². The number of hydrogen-bond donors (Lipinski definition) is 2. The van der Waals surface area contributed by atoms with Crippen molar-refractivity contribution in [2.75, 3.05) is 6.54 Å². The molecule has 0 heterocycles. The number of halogens is 3. The number of benzene rings is 2. The van der Waals surface area contributed by atoms with Gasteiger partial charge in [0, 0.05) is 11.6 Å². The molecule has 0 aromatic heterocycles. The maximum Gasteiger partial charge on any atom is 0.305 e. The largest absolute Gasteiger partial charge is 0.481 e. The molecule has 1 unspecified atom stereocenters. The maximum atomic E-state index is 14.3. The Morgan fingerprint density at radius 3 is 2.24 bits per heavy atom. The van der Waals surface area contributed by atoms with Crippen LogP contribution in [0.5, 0.6) is 0 Å². The topological polar surface area (TPSA) is 49.3 Å². The van der Waals surface area contributed by atoms with Crippen molar-refractivity contribution in [2.45, 2.75) is 33.2 Å². The Labute approximate surface area is 144 Å². The number of carbonyl (C=O) groups is 1. The van der Waals surface area contributed by atoms with Crippen molar-refractivity contribution in [3.05, 3.63) is 58.4 Å². The fourth-order valence-corrected chi connectivity index (χ4v) is 3.09. The van der Waals surface area contributed by atoms with E-state index in [2.05, 4.69) is 5.32 Å². The zero-order chi connectivity index (χ0) is 18.7. The maximum absolute atomic E-state index is 14.3. The monoisotopic (exact) mass is 351 g/mol. The van der Waals surface area contributed by atoms with Crippen LogP contribution in [-0.4, -0.2) is 17.6 Å². The highest BCUT2D eigenvalue weighted by molar-refractivity contribution is 5.72. The van der Waals surface area contributed by atoms with Gasteiger partial charge in [0.25, 0.3) is 0 Å². The van der Waals surface area contributed by atoms with Gasteiger partial charge < -0.3 is 10.4 Å². The minimum Gasteiger partial charge on any atom is -0.481 e. The van der Waals surface area contributed by atoms with Gasteiger partial charge >= 0.3 is 5.97 Å². The minimum atomic E-state index is -1.12. The Bertz CT molecular complexity index is 782. The molecular formula is C19H20F3NO2. The molecule has 0 saturated carbocycles. The van der Waals surface area contributed by atoms with Crippen LogP contribution in [-0.2, 0) is 4.79 Å². The number of rotatable bonds is 6. The van der Waals surface area contributed by atoms with Crippen molar-refractivity contribution >= 4 is 5.97 Å². The smallest absolute Gasteiger partial charge is 0.305 e. The van der Waals surface area contributed by atoms with Gasteiger partial charge in [-0.3, -0.25) is 4.79 Å². The van der Waals surface area contributed by atoms with Gasteiger partial charge in [-0.1, -0.05) is 6.92 Å². The van der Waals surface area contributed by atoms with Gasteiger partial charge in [-0.25, -0.2) is 13.2 Å². The van der Waals surface area contributed by atoms with Gasteiger partial charge in [-0.05, 0) is 66.9 Å². The molecule has 0 bridgehead atoms. The van der Waals surface area contributed by atoms with E-state index in [1.54, 1.807) is 20.8 Å². The summed E-state index contributed by atoms with van der Waals surface area (Å²) in [5, 5.41) is 11.9. The molecule has 0 saturated heterocycles. The number of aryl methyl sites for hydroxylation is 2. The number of nitrogens with one attached hydrogen (secondary N) is 1. The third kappa shape index (κ3) is 4.20. The van der Waals surface area contributed by atoms with E-state index in [1.807, 2.05) is 0 Å². The molecule has 1 atom stereocenters. The third-order valence-electron chi connectivity index (χ3n) is 4.05. The Kier molecular flexibility index (Phi) is 5.85. The standard InChI is InChI=1S/C19H20F3NO2/c1-4-23-16(9-17(24)25)14-7-12(8-15(21)19(14)22)18-10(2)5-13(20)6-11(18)3/h5-8,16,23H,4,9H2,1-3H3,(H,24,25). The highest BCUT2D eigenvalue weighted by Gasteiger charge is 2.22. The van der Waals surface area contributed by atoms with Crippen LogP contribution in [0.25, 0.3) is 11.1 Å². The van der Waals surface area contributed by atoms with Crippen molar-refractivity contribution in [1.82, 2.24) is 5.32 Å². The molecule has 0 radical (unpaired) electrons. The average Bonchev–Trinajstić information content (AvgIpc) is 2.48. The molecule has 0 aliphatic heterocycles. The molecule has 3 nitrogen and oxygen atoms in total. The molecular weight excluding hydrogens is 331 g/mol. The molecule has 2 aromatic carbocycles. The molecule has 0 spiro atoms. The Morgan fingerprint density at radius 2 is 1.72 bits per heavy atom. The normalized spacial score (nSPS) is 12.2. The fourth-order valence-electron chi connectivity index (χ4n) is 3.09. The van der Waals surface area contributed by atoms with Gasteiger partial charge in [-0.15, -0.1) is 0 Å². The molecule has 0 aliphatic rings. The Morgan fingerprint density at radius 1 is 1.12 bits per heavy atom. The summed E-state index contributed by atoms with van der Waals surface area (Å²) in [7, 11) is 0. The van der Waals surface area contributed by atoms with Crippen LogP contribution in [0, 0.1) is 31.3 Å². The molecule has 0 aliphatic carbocycles. The highest BCUT2D eigenvalue weighted by atomic mass is 19.2. The minimum absolute atomic E-state index is 0.0534. The summed E-state index contributed by atoms with van der Waals surface area (Å²) in [6.45, 7) is 5.52. The van der Waals surface area contributed by atoms with Crippen LogP contribution < -0.4 is 5.32 Å². The fraction of sp³-hybridized carbons (Fsp3) is 0.316. The van der Waals surface area contributed by atoms with Crippen LogP contribution in [0.2, 0.25) is 0 Å². The van der Waals surface area contributed by atoms with Crippen LogP contribution in [0.3, 0.4) is 0 Å². The van der Waals surface area contributed by atoms with Crippen LogP contribution >= 0.6 is 0 Å². The van der Waals surface area contributed by atoms with E-state index in [1.165, 1.54) is 18.2 Å². The number of hydrogen-bond acceptors (Lipinski definition) is 2. The first-order chi connectivity index (χ1) is 11.7. The summed E-state index contributed by atoms with van der Waals surface area (Å²) in [6.07, 6.45) is -0.380. The second kappa shape index (κ2) is 7.70. The number of carboxylic acids is 1. The van der Waals surface area contributed by atoms with Crippen LogP contribution in [0.15, 0.2) is 24.3 Å².